The normalized spacial score (nSPS) is 21.6. The summed E-state index contributed by atoms with van der Waals surface area (Å²) < 4.78 is 0. The Morgan fingerprint density at radius 1 is 1.17 bits per heavy atom. The van der Waals surface area contributed by atoms with Gasteiger partial charge in [-0.15, -0.1) is 0 Å². The van der Waals surface area contributed by atoms with Crippen molar-refractivity contribution in [3.8, 4) is 0 Å². The molecule has 1 aromatic heterocycles. The standard InChI is InChI=1S/C21H26N6O2/c1-12-16(25-21(29)15-8-6-14(7-9-15)13-4-5-13)3-2-10-27(12)17-11-24-18(20(23)28)19(22)26-17/h6-9,11-13,16H,2-5,10H2,1H3,(H2,22,26)(H2,23,28)(H,25,29)/t12-,16-/m1/s1. The number of carbonyl (C=O) groups is 2. The lowest BCUT2D eigenvalue weighted by Gasteiger charge is -2.40. The summed E-state index contributed by atoms with van der Waals surface area (Å²) in [6.07, 6.45) is 5.78. The summed E-state index contributed by atoms with van der Waals surface area (Å²) in [5.74, 6) is 0.497. The average molecular weight is 394 g/mol. The van der Waals surface area contributed by atoms with Gasteiger partial charge in [-0.2, -0.15) is 0 Å². The third-order valence-electron chi connectivity index (χ3n) is 5.84. The van der Waals surface area contributed by atoms with Gasteiger partial charge in [0.05, 0.1) is 6.20 Å². The Labute approximate surface area is 169 Å². The van der Waals surface area contributed by atoms with Crippen LogP contribution in [0, 0.1) is 0 Å². The molecule has 2 amide bonds. The van der Waals surface area contributed by atoms with E-state index in [1.54, 1.807) is 0 Å². The Hall–Kier alpha value is -3.16. The maximum absolute atomic E-state index is 12.7. The molecule has 8 nitrogen and oxygen atoms in total. The second kappa shape index (κ2) is 7.69. The number of rotatable bonds is 5. The Morgan fingerprint density at radius 3 is 2.52 bits per heavy atom. The zero-order valence-corrected chi connectivity index (χ0v) is 16.5. The molecular weight excluding hydrogens is 368 g/mol. The Bertz CT molecular complexity index is 925. The molecule has 2 aromatic rings. The summed E-state index contributed by atoms with van der Waals surface area (Å²) >= 11 is 0. The quantitative estimate of drug-likeness (QED) is 0.710. The van der Waals surface area contributed by atoms with E-state index >= 15 is 0 Å². The van der Waals surface area contributed by atoms with Gasteiger partial charge < -0.3 is 21.7 Å². The molecule has 2 heterocycles. The molecule has 0 radical (unpaired) electrons. The number of nitrogens with zero attached hydrogens (tertiary/aromatic N) is 3. The number of nitrogen functional groups attached to an aromatic ring is 1. The first kappa shape index (κ1) is 19.2. The van der Waals surface area contributed by atoms with Crippen molar-refractivity contribution in [2.45, 2.75) is 50.6 Å². The highest BCUT2D eigenvalue weighted by Crippen LogP contribution is 2.39. The van der Waals surface area contributed by atoms with Crippen molar-refractivity contribution in [2.75, 3.05) is 17.2 Å². The number of nitrogens with one attached hydrogen (secondary N) is 1. The van der Waals surface area contributed by atoms with Gasteiger partial charge in [-0.3, -0.25) is 9.59 Å². The van der Waals surface area contributed by atoms with Gasteiger partial charge >= 0.3 is 0 Å². The number of hydrogen-bond acceptors (Lipinski definition) is 6. The molecule has 4 rings (SSSR count). The SMILES string of the molecule is C[C@@H]1[C@H](NC(=O)c2ccc(C3CC3)cc2)CCCN1c1cnc(C(N)=O)c(N)n1. The predicted molar refractivity (Wildman–Crippen MR) is 111 cm³/mol. The van der Waals surface area contributed by atoms with E-state index < -0.39 is 5.91 Å². The van der Waals surface area contributed by atoms with Crippen LogP contribution in [0.25, 0.3) is 0 Å². The van der Waals surface area contributed by atoms with Crippen LogP contribution in [-0.4, -0.2) is 40.4 Å². The molecule has 1 aromatic carbocycles. The molecule has 2 atom stereocenters. The molecular formula is C21H26N6O2. The summed E-state index contributed by atoms with van der Waals surface area (Å²) in [5, 5.41) is 3.16. The van der Waals surface area contributed by atoms with Crippen molar-refractivity contribution in [2.24, 2.45) is 5.73 Å². The van der Waals surface area contributed by atoms with Crippen molar-refractivity contribution in [1.82, 2.24) is 15.3 Å². The van der Waals surface area contributed by atoms with Crippen molar-refractivity contribution < 1.29 is 9.59 Å². The molecule has 8 heteroatoms. The van der Waals surface area contributed by atoms with Gasteiger partial charge in [-0.05, 0) is 56.2 Å². The van der Waals surface area contributed by atoms with Crippen LogP contribution >= 0.6 is 0 Å². The van der Waals surface area contributed by atoms with Crippen LogP contribution in [0.1, 0.15) is 64.9 Å². The number of hydrogen-bond donors (Lipinski definition) is 3. The van der Waals surface area contributed by atoms with E-state index in [9.17, 15) is 9.59 Å². The third-order valence-corrected chi connectivity index (χ3v) is 5.84. The van der Waals surface area contributed by atoms with Crippen LogP contribution < -0.4 is 21.7 Å². The smallest absolute Gasteiger partial charge is 0.271 e. The Kier molecular flexibility index (Phi) is 5.08. The summed E-state index contributed by atoms with van der Waals surface area (Å²) in [6.45, 7) is 2.81. The second-order valence-corrected chi connectivity index (χ2v) is 7.88. The van der Waals surface area contributed by atoms with Gasteiger partial charge in [-0.1, -0.05) is 12.1 Å². The van der Waals surface area contributed by atoms with E-state index in [1.807, 2.05) is 19.1 Å². The van der Waals surface area contributed by atoms with Gasteiger partial charge in [0.2, 0.25) is 0 Å². The predicted octanol–water partition coefficient (Wildman–Crippen LogP) is 1.82. The maximum atomic E-state index is 12.7. The molecule has 5 N–H and O–H groups in total. The number of benzene rings is 1. The number of nitrogens with two attached hydrogens (primary N) is 2. The summed E-state index contributed by atoms with van der Waals surface area (Å²) in [7, 11) is 0. The van der Waals surface area contributed by atoms with E-state index in [0.29, 0.717) is 17.3 Å². The number of primary amides is 1. The first-order valence-electron chi connectivity index (χ1n) is 10.0. The van der Waals surface area contributed by atoms with Gasteiger partial charge in [0.25, 0.3) is 11.8 Å². The van der Waals surface area contributed by atoms with E-state index in [0.717, 1.165) is 19.4 Å². The zero-order valence-electron chi connectivity index (χ0n) is 16.5. The maximum Gasteiger partial charge on any atom is 0.271 e. The van der Waals surface area contributed by atoms with Crippen LogP contribution in [-0.2, 0) is 0 Å². The number of amides is 2. The van der Waals surface area contributed by atoms with Crippen LogP contribution in [0.5, 0.6) is 0 Å². The first-order chi connectivity index (χ1) is 13.9. The number of carbonyl (C=O) groups excluding carboxylic acids is 2. The minimum absolute atomic E-state index is 0.00608. The van der Waals surface area contributed by atoms with Crippen molar-refractivity contribution in [3.05, 3.63) is 47.3 Å². The molecule has 0 spiro atoms. The fourth-order valence-corrected chi connectivity index (χ4v) is 3.96. The molecule has 2 aliphatic rings. The van der Waals surface area contributed by atoms with Gasteiger partial charge in [0, 0.05) is 24.2 Å². The molecule has 1 aliphatic heterocycles. The molecule has 0 bridgehead atoms. The lowest BCUT2D eigenvalue weighted by Crippen LogP contribution is -2.54. The highest BCUT2D eigenvalue weighted by atomic mass is 16.2. The Morgan fingerprint density at radius 2 is 1.90 bits per heavy atom. The molecule has 0 unspecified atom stereocenters. The molecule has 2 fully saturated rings. The molecule has 29 heavy (non-hydrogen) atoms. The Balaban J connectivity index is 1.45. The first-order valence-corrected chi connectivity index (χ1v) is 10.0. The van der Waals surface area contributed by atoms with Crippen LogP contribution in [0.15, 0.2) is 30.5 Å². The highest BCUT2D eigenvalue weighted by molar-refractivity contribution is 5.95. The average Bonchev–Trinajstić information content (AvgIpc) is 3.54. The molecule has 1 saturated heterocycles. The van der Waals surface area contributed by atoms with Gasteiger partial charge in [0.15, 0.2) is 11.5 Å². The number of anilines is 2. The van der Waals surface area contributed by atoms with Crippen LogP contribution in [0.3, 0.4) is 0 Å². The molecule has 1 aliphatic carbocycles. The minimum Gasteiger partial charge on any atom is -0.382 e. The lowest BCUT2D eigenvalue weighted by molar-refractivity contribution is 0.0923. The fraction of sp³-hybridized carbons (Fsp3) is 0.429. The van der Waals surface area contributed by atoms with Crippen LogP contribution in [0.2, 0.25) is 0 Å². The zero-order chi connectivity index (χ0) is 20.5. The van der Waals surface area contributed by atoms with Gasteiger partial charge in [0.1, 0.15) is 5.82 Å². The monoisotopic (exact) mass is 394 g/mol. The van der Waals surface area contributed by atoms with Crippen molar-refractivity contribution in [1.29, 1.82) is 0 Å². The highest BCUT2D eigenvalue weighted by Gasteiger charge is 2.31. The number of aromatic nitrogens is 2. The summed E-state index contributed by atoms with van der Waals surface area (Å²) in [5.41, 5.74) is 13.0. The molecule has 152 valence electrons. The second-order valence-electron chi connectivity index (χ2n) is 7.88. The van der Waals surface area contributed by atoms with Crippen LogP contribution in [0.4, 0.5) is 11.6 Å². The summed E-state index contributed by atoms with van der Waals surface area (Å²) in [4.78, 5) is 34.5. The molecule has 1 saturated carbocycles. The van der Waals surface area contributed by atoms with E-state index in [4.69, 9.17) is 11.5 Å². The van der Waals surface area contributed by atoms with E-state index in [1.165, 1.54) is 24.6 Å². The third kappa shape index (κ3) is 4.01. The van der Waals surface area contributed by atoms with E-state index in [-0.39, 0.29) is 29.5 Å². The fourth-order valence-electron chi connectivity index (χ4n) is 3.96. The van der Waals surface area contributed by atoms with Gasteiger partial charge in [-0.25, -0.2) is 9.97 Å². The topological polar surface area (TPSA) is 127 Å². The lowest BCUT2D eigenvalue weighted by atomic mass is 9.97. The largest absolute Gasteiger partial charge is 0.382 e. The van der Waals surface area contributed by atoms with Crippen molar-refractivity contribution >= 4 is 23.5 Å². The van der Waals surface area contributed by atoms with Crippen molar-refractivity contribution in [3.63, 3.8) is 0 Å². The van der Waals surface area contributed by atoms with E-state index in [2.05, 4.69) is 32.3 Å². The number of piperidine rings is 1. The minimum atomic E-state index is -0.703. The summed E-state index contributed by atoms with van der Waals surface area (Å²) in [6, 6.07) is 7.90.